The Morgan fingerprint density at radius 1 is 1.46 bits per heavy atom. The van der Waals surface area contributed by atoms with Crippen LogP contribution in [0.15, 0.2) is 5.38 Å². The van der Waals surface area contributed by atoms with Crippen LogP contribution >= 0.6 is 11.3 Å². The molecule has 0 bridgehead atoms. The van der Waals surface area contributed by atoms with Crippen LogP contribution in [0.4, 0.5) is 0 Å². The second-order valence-electron chi connectivity index (χ2n) is 2.37. The normalized spacial score (nSPS) is 10.3. The molecule has 1 aromatic heterocycles. The average Bonchev–Trinajstić information content (AvgIpc) is 2.51. The SMILES string of the molecule is COCCOCOc1csc(C)n1. The van der Waals surface area contributed by atoms with E-state index in [0.717, 1.165) is 5.01 Å². The monoisotopic (exact) mass is 203 g/mol. The molecular formula is C8H13NO3S. The van der Waals surface area contributed by atoms with E-state index in [0.29, 0.717) is 19.1 Å². The fourth-order valence-corrected chi connectivity index (χ4v) is 1.25. The predicted octanol–water partition coefficient (Wildman–Crippen LogP) is 1.45. The summed E-state index contributed by atoms with van der Waals surface area (Å²) in [5.74, 6) is 0.625. The molecule has 0 saturated carbocycles. The lowest BCUT2D eigenvalue weighted by Gasteiger charge is -2.03. The number of thiazole rings is 1. The smallest absolute Gasteiger partial charge is 0.226 e. The van der Waals surface area contributed by atoms with E-state index in [4.69, 9.17) is 14.2 Å². The van der Waals surface area contributed by atoms with Crippen molar-refractivity contribution in [2.45, 2.75) is 6.92 Å². The molecule has 1 heterocycles. The lowest BCUT2D eigenvalue weighted by Crippen LogP contribution is -2.07. The summed E-state index contributed by atoms with van der Waals surface area (Å²) in [7, 11) is 1.63. The highest BCUT2D eigenvalue weighted by Crippen LogP contribution is 2.14. The van der Waals surface area contributed by atoms with Gasteiger partial charge in [0.2, 0.25) is 5.88 Å². The van der Waals surface area contributed by atoms with Crippen molar-refractivity contribution < 1.29 is 14.2 Å². The molecule has 0 radical (unpaired) electrons. The zero-order valence-corrected chi connectivity index (χ0v) is 8.60. The maximum atomic E-state index is 5.19. The van der Waals surface area contributed by atoms with Gasteiger partial charge in [-0.3, -0.25) is 0 Å². The fourth-order valence-electron chi connectivity index (χ4n) is 0.713. The lowest BCUT2D eigenvalue weighted by atomic mass is 10.8. The first-order valence-corrected chi connectivity index (χ1v) is 4.82. The predicted molar refractivity (Wildman–Crippen MR) is 50.2 cm³/mol. The number of hydrogen-bond acceptors (Lipinski definition) is 5. The summed E-state index contributed by atoms with van der Waals surface area (Å²) < 4.78 is 15.1. The standard InChI is InChI=1S/C8H13NO3S/c1-7-9-8(5-13-7)12-6-11-4-3-10-2/h5H,3-4,6H2,1-2H3. The molecule has 1 rings (SSSR count). The lowest BCUT2D eigenvalue weighted by molar-refractivity contribution is -0.0102. The minimum Gasteiger partial charge on any atom is -0.450 e. The van der Waals surface area contributed by atoms with Crippen LogP contribution in [0.5, 0.6) is 5.88 Å². The van der Waals surface area contributed by atoms with E-state index in [1.54, 1.807) is 18.4 Å². The van der Waals surface area contributed by atoms with E-state index in [9.17, 15) is 0 Å². The largest absolute Gasteiger partial charge is 0.450 e. The van der Waals surface area contributed by atoms with Crippen molar-refractivity contribution in [1.29, 1.82) is 0 Å². The van der Waals surface area contributed by atoms with Crippen molar-refractivity contribution >= 4 is 11.3 Å². The highest BCUT2D eigenvalue weighted by Gasteiger charge is 1.97. The Hall–Kier alpha value is -0.650. The minimum atomic E-state index is 0.229. The zero-order valence-electron chi connectivity index (χ0n) is 7.78. The summed E-state index contributed by atoms with van der Waals surface area (Å²) in [4.78, 5) is 4.11. The number of aryl methyl sites for hydroxylation is 1. The van der Waals surface area contributed by atoms with Crippen LogP contribution in [0.1, 0.15) is 5.01 Å². The van der Waals surface area contributed by atoms with Crippen molar-refractivity contribution in [2.75, 3.05) is 27.1 Å². The van der Waals surface area contributed by atoms with E-state index in [1.807, 2.05) is 12.3 Å². The quantitative estimate of drug-likeness (QED) is 0.518. The van der Waals surface area contributed by atoms with Gasteiger partial charge in [0.15, 0.2) is 6.79 Å². The van der Waals surface area contributed by atoms with Gasteiger partial charge < -0.3 is 14.2 Å². The van der Waals surface area contributed by atoms with Gasteiger partial charge in [0.1, 0.15) is 0 Å². The Bertz CT molecular complexity index is 239. The minimum absolute atomic E-state index is 0.229. The molecular weight excluding hydrogens is 190 g/mol. The molecule has 0 unspecified atom stereocenters. The molecule has 0 aromatic carbocycles. The maximum Gasteiger partial charge on any atom is 0.226 e. The van der Waals surface area contributed by atoms with E-state index in [2.05, 4.69) is 4.98 Å². The third-order valence-electron chi connectivity index (χ3n) is 1.32. The number of ether oxygens (including phenoxy) is 3. The van der Waals surface area contributed by atoms with Gasteiger partial charge in [-0.2, -0.15) is 0 Å². The molecule has 0 N–H and O–H groups in total. The number of hydrogen-bond donors (Lipinski definition) is 0. The third kappa shape index (κ3) is 4.21. The molecule has 0 amide bonds. The van der Waals surface area contributed by atoms with E-state index < -0.39 is 0 Å². The van der Waals surface area contributed by atoms with Crippen molar-refractivity contribution in [1.82, 2.24) is 4.98 Å². The molecule has 0 fully saturated rings. The van der Waals surface area contributed by atoms with Crippen LogP contribution < -0.4 is 4.74 Å². The van der Waals surface area contributed by atoms with E-state index >= 15 is 0 Å². The number of methoxy groups -OCH3 is 1. The topological polar surface area (TPSA) is 40.6 Å². The zero-order chi connectivity index (χ0) is 9.52. The maximum absolute atomic E-state index is 5.19. The van der Waals surface area contributed by atoms with Crippen LogP contribution in [0.2, 0.25) is 0 Å². The number of nitrogens with zero attached hydrogens (tertiary/aromatic N) is 1. The Morgan fingerprint density at radius 2 is 2.31 bits per heavy atom. The molecule has 0 spiro atoms. The van der Waals surface area contributed by atoms with Gasteiger partial charge in [-0.05, 0) is 6.92 Å². The van der Waals surface area contributed by atoms with Crippen molar-refractivity contribution in [2.24, 2.45) is 0 Å². The van der Waals surface area contributed by atoms with Gasteiger partial charge in [0, 0.05) is 7.11 Å². The van der Waals surface area contributed by atoms with Gasteiger partial charge in [-0.25, -0.2) is 4.98 Å². The summed E-state index contributed by atoms with van der Waals surface area (Å²) in [6.07, 6.45) is 0. The molecule has 13 heavy (non-hydrogen) atoms. The van der Waals surface area contributed by atoms with Crippen molar-refractivity contribution in [3.8, 4) is 5.88 Å². The Labute approximate surface area is 81.5 Å². The first-order valence-electron chi connectivity index (χ1n) is 3.94. The van der Waals surface area contributed by atoms with Gasteiger partial charge in [0.25, 0.3) is 0 Å². The summed E-state index contributed by atoms with van der Waals surface area (Å²) in [6, 6.07) is 0. The molecule has 74 valence electrons. The average molecular weight is 203 g/mol. The van der Waals surface area contributed by atoms with Crippen LogP contribution in [0.3, 0.4) is 0 Å². The molecule has 0 atom stereocenters. The van der Waals surface area contributed by atoms with Crippen LogP contribution in [-0.2, 0) is 9.47 Å². The van der Waals surface area contributed by atoms with Crippen LogP contribution in [-0.4, -0.2) is 32.1 Å². The first-order chi connectivity index (χ1) is 6.33. The summed E-state index contributed by atoms with van der Waals surface area (Å²) in [6.45, 7) is 3.29. The summed E-state index contributed by atoms with van der Waals surface area (Å²) >= 11 is 1.56. The van der Waals surface area contributed by atoms with Crippen LogP contribution in [0.25, 0.3) is 0 Å². The van der Waals surface area contributed by atoms with Crippen molar-refractivity contribution in [3.63, 3.8) is 0 Å². The highest BCUT2D eigenvalue weighted by molar-refractivity contribution is 7.09. The van der Waals surface area contributed by atoms with E-state index in [1.165, 1.54) is 0 Å². The van der Waals surface area contributed by atoms with Crippen LogP contribution in [0, 0.1) is 6.92 Å². The van der Waals surface area contributed by atoms with Gasteiger partial charge in [-0.15, -0.1) is 11.3 Å². The number of aromatic nitrogens is 1. The van der Waals surface area contributed by atoms with Crippen molar-refractivity contribution in [3.05, 3.63) is 10.4 Å². The summed E-state index contributed by atoms with van der Waals surface area (Å²) in [5.41, 5.74) is 0. The molecule has 1 aromatic rings. The third-order valence-corrected chi connectivity index (χ3v) is 2.07. The Balaban J connectivity index is 2.06. The van der Waals surface area contributed by atoms with Gasteiger partial charge in [-0.1, -0.05) is 0 Å². The second kappa shape index (κ2) is 5.90. The summed E-state index contributed by atoms with van der Waals surface area (Å²) in [5, 5.41) is 2.85. The van der Waals surface area contributed by atoms with Gasteiger partial charge in [0.05, 0.1) is 23.6 Å². The first kappa shape index (κ1) is 10.4. The second-order valence-corrected chi connectivity index (χ2v) is 3.43. The molecule has 0 saturated heterocycles. The Morgan fingerprint density at radius 3 is 2.92 bits per heavy atom. The van der Waals surface area contributed by atoms with E-state index in [-0.39, 0.29) is 6.79 Å². The van der Waals surface area contributed by atoms with Gasteiger partial charge >= 0.3 is 0 Å². The molecule has 4 nitrogen and oxygen atoms in total. The fraction of sp³-hybridized carbons (Fsp3) is 0.625. The number of rotatable bonds is 6. The molecule has 0 aliphatic heterocycles. The molecule has 0 aliphatic rings. The Kier molecular flexibility index (Phi) is 4.74. The highest BCUT2D eigenvalue weighted by atomic mass is 32.1. The molecule has 5 heteroatoms. The molecule has 0 aliphatic carbocycles.